The van der Waals surface area contributed by atoms with Crippen molar-refractivity contribution in [3.63, 3.8) is 0 Å². The number of carbonyl (C=O) groups excluding carboxylic acids is 2. The SMILES string of the molecule is C[C@H](NC(=O)c1c(CN2CCC(=O)CC2)c(-c2ccccc2)nc2ccccc12)C1CCCCC1. The molecule has 1 aliphatic heterocycles. The number of para-hydroxylation sites is 1. The van der Waals surface area contributed by atoms with Crippen molar-refractivity contribution in [1.29, 1.82) is 0 Å². The molecule has 1 N–H and O–H groups in total. The molecule has 5 rings (SSSR count). The van der Waals surface area contributed by atoms with Crippen molar-refractivity contribution in [2.24, 2.45) is 5.92 Å². The Kier molecular flexibility index (Phi) is 7.24. The van der Waals surface area contributed by atoms with Crippen molar-refractivity contribution < 1.29 is 9.59 Å². The fourth-order valence-corrected chi connectivity index (χ4v) is 5.71. The molecule has 0 radical (unpaired) electrons. The largest absolute Gasteiger partial charge is 0.349 e. The Morgan fingerprint density at radius 1 is 1.00 bits per heavy atom. The number of nitrogens with one attached hydrogen (secondary N) is 1. The highest BCUT2D eigenvalue weighted by Crippen LogP contribution is 2.33. The average Bonchev–Trinajstić information content (AvgIpc) is 2.90. The third-order valence-electron chi connectivity index (χ3n) is 7.78. The molecule has 1 aliphatic carbocycles. The normalized spacial score (nSPS) is 18.5. The Morgan fingerprint density at radius 2 is 1.69 bits per heavy atom. The molecule has 1 aromatic heterocycles. The Hall–Kier alpha value is -3.05. The third kappa shape index (κ3) is 5.30. The molecule has 35 heavy (non-hydrogen) atoms. The molecular weight excluding hydrogens is 434 g/mol. The number of rotatable bonds is 6. The first kappa shape index (κ1) is 23.7. The molecule has 1 atom stereocenters. The summed E-state index contributed by atoms with van der Waals surface area (Å²) in [4.78, 5) is 33.2. The van der Waals surface area contributed by atoms with E-state index < -0.39 is 0 Å². The van der Waals surface area contributed by atoms with Crippen LogP contribution in [0.2, 0.25) is 0 Å². The lowest BCUT2D eigenvalue weighted by Crippen LogP contribution is -2.40. The van der Waals surface area contributed by atoms with Crippen LogP contribution < -0.4 is 5.32 Å². The van der Waals surface area contributed by atoms with E-state index in [9.17, 15) is 9.59 Å². The summed E-state index contributed by atoms with van der Waals surface area (Å²) in [6.45, 7) is 4.21. The first-order valence-electron chi connectivity index (χ1n) is 13.1. The van der Waals surface area contributed by atoms with Crippen LogP contribution in [0, 0.1) is 5.92 Å². The second-order valence-electron chi connectivity index (χ2n) is 10.2. The summed E-state index contributed by atoms with van der Waals surface area (Å²) in [5.74, 6) is 0.841. The maximum atomic E-state index is 14.0. The van der Waals surface area contributed by atoms with E-state index in [2.05, 4.69) is 29.3 Å². The number of aromatic nitrogens is 1. The Labute approximate surface area is 207 Å². The van der Waals surface area contributed by atoms with Crippen molar-refractivity contribution in [3.05, 3.63) is 65.7 Å². The molecular formula is C30H35N3O2. The van der Waals surface area contributed by atoms with Crippen LogP contribution in [0.25, 0.3) is 22.2 Å². The lowest BCUT2D eigenvalue weighted by atomic mass is 9.84. The summed E-state index contributed by atoms with van der Waals surface area (Å²) in [6.07, 6.45) is 7.31. The van der Waals surface area contributed by atoms with Crippen molar-refractivity contribution in [2.75, 3.05) is 13.1 Å². The Balaban J connectivity index is 1.59. The maximum absolute atomic E-state index is 14.0. The van der Waals surface area contributed by atoms with Crippen molar-refractivity contribution in [2.45, 2.75) is 64.5 Å². The number of hydrogen-bond acceptors (Lipinski definition) is 4. The summed E-state index contributed by atoms with van der Waals surface area (Å²) >= 11 is 0. The minimum Gasteiger partial charge on any atom is -0.349 e. The Morgan fingerprint density at radius 3 is 2.43 bits per heavy atom. The zero-order chi connectivity index (χ0) is 24.2. The highest BCUT2D eigenvalue weighted by atomic mass is 16.1. The van der Waals surface area contributed by atoms with Crippen LogP contribution in [0.5, 0.6) is 0 Å². The topological polar surface area (TPSA) is 62.3 Å². The summed E-state index contributed by atoms with van der Waals surface area (Å²) in [5.41, 5.74) is 4.39. The average molecular weight is 470 g/mol. The molecule has 5 nitrogen and oxygen atoms in total. The maximum Gasteiger partial charge on any atom is 0.252 e. The van der Waals surface area contributed by atoms with Crippen LogP contribution in [-0.4, -0.2) is 40.7 Å². The molecule has 5 heteroatoms. The molecule has 2 aliphatic rings. The number of piperidine rings is 1. The van der Waals surface area contributed by atoms with E-state index in [4.69, 9.17) is 4.98 Å². The van der Waals surface area contributed by atoms with E-state index in [-0.39, 0.29) is 11.9 Å². The molecule has 2 aromatic carbocycles. The zero-order valence-electron chi connectivity index (χ0n) is 20.6. The van der Waals surface area contributed by atoms with Crippen LogP contribution >= 0.6 is 0 Å². The molecule has 0 unspecified atom stereocenters. The first-order chi connectivity index (χ1) is 17.1. The van der Waals surface area contributed by atoms with Crippen LogP contribution in [0.3, 0.4) is 0 Å². The van der Waals surface area contributed by atoms with Gasteiger partial charge in [0.15, 0.2) is 0 Å². The van der Waals surface area contributed by atoms with Crippen LogP contribution in [0.1, 0.15) is 67.8 Å². The number of nitrogens with zero attached hydrogens (tertiary/aromatic N) is 2. The number of fused-ring (bicyclic) bond motifs is 1. The molecule has 2 fully saturated rings. The van der Waals surface area contributed by atoms with Gasteiger partial charge in [-0.15, -0.1) is 0 Å². The number of carbonyl (C=O) groups is 2. The zero-order valence-corrected chi connectivity index (χ0v) is 20.6. The highest BCUT2D eigenvalue weighted by molar-refractivity contribution is 6.09. The molecule has 1 amide bonds. The van der Waals surface area contributed by atoms with E-state index in [1.807, 2.05) is 42.5 Å². The summed E-state index contributed by atoms with van der Waals surface area (Å²) in [5, 5.41) is 4.27. The minimum absolute atomic E-state index is 0.0121. The predicted octanol–water partition coefficient (Wildman–Crippen LogP) is 5.77. The van der Waals surface area contributed by atoms with Gasteiger partial charge in [-0.3, -0.25) is 14.5 Å². The molecule has 182 valence electrons. The van der Waals surface area contributed by atoms with Crippen LogP contribution in [0.4, 0.5) is 0 Å². The van der Waals surface area contributed by atoms with Gasteiger partial charge in [0.2, 0.25) is 0 Å². The fourth-order valence-electron chi connectivity index (χ4n) is 5.71. The third-order valence-corrected chi connectivity index (χ3v) is 7.78. The molecule has 3 aromatic rings. The number of hydrogen-bond donors (Lipinski definition) is 1. The highest BCUT2D eigenvalue weighted by Gasteiger charge is 2.27. The number of Topliss-reactive ketones (excluding diaryl/α,β-unsaturated/α-hetero) is 1. The lowest BCUT2D eigenvalue weighted by Gasteiger charge is -2.30. The molecule has 1 saturated carbocycles. The minimum atomic E-state index is -0.0121. The number of benzene rings is 2. The van der Waals surface area contributed by atoms with Gasteiger partial charge >= 0.3 is 0 Å². The van der Waals surface area contributed by atoms with Gasteiger partial charge in [0.1, 0.15) is 5.78 Å². The monoisotopic (exact) mass is 469 g/mol. The van der Waals surface area contributed by atoms with Gasteiger partial charge in [0.05, 0.1) is 16.8 Å². The van der Waals surface area contributed by atoms with Gasteiger partial charge in [-0.25, -0.2) is 4.98 Å². The van der Waals surface area contributed by atoms with E-state index in [1.54, 1.807) is 0 Å². The standard InChI is InChI=1S/C30H35N3O2/c1-21(22-10-4-2-5-11-22)31-30(35)28-25-14-8-9-15-27(25)32-29(23-12-6-3-7-13-23)26(28)20-33-18-16-24(34)17-19-33/h3,6-9,12-15,21-22H,2,4-5,10-11,16-20H2,1H3,(H,31,35)/t21-/m0/s1. The van der Waals surface area contributed by atoms with E-state index >= 15 is 0 Å². The van der Waals surface area contributed by atoms with Crippen LogP contribution in [-0.2, 0) is 11.3 Å². The summed E-state index contributed by atoms with van der Waals surface area (Å²) in [6, 6.07) is 18.3. The van der Waals surface area contributed by atoms with Gasteiger partial charge in [0, 0.05) is 55.0 Å². The number of amides is 1. The van der Waals surface area contributed by atoms with E-state index in [0.717, 1.165) is 46.4 Å². The predicted molar refractivity (Wildman–Crippen MR) is 140 cm³/mol. The summed E-state index contributed by atoms with van der Waals surface area (Å²) < 4.78 is 0. The van der Waals surface area contributed by atoms with E-state index in [1.165, 1.54) is 32.1 Å². The van der Waals surface area contributed by atoms with Crippen molar-refractivity contribution in [3.8, 4) is 11.3 Å². The molecule has 0 bridgehead atoms. The van der Waals surface area contributed by atoms with E-state index in [0.29, 0.717) is 31.1 Å². The molecule has 0 spiro atoms. The number of likely N-dealkylation sites (tertiary alicyclic amines) is 1. The Bertz CT molecular complexity index is 1190. The summed E-state index contributed by atoms with van der Waals surface area (Å²) in [7, 11) is 0. The molecule has 1 saturated heterocycles. The second kappa shape index (κ2) is 10.7. The quantitative estimate of drug-likeness (QED) is 0.498. The van der Waals surface area contributed by atoms with Crippen LogP contribution in [0.15, 0.2) is 54.6 Å². The lowest BCUT2D eigenvalue weighted by molar-refractivity contribution is -0.121. The van der Waals surface area contributed by atoms with Crippen molar-refractivity contribution in [1.82, 2.24) is 15.2 Å². The number of ketones is 1. The smallest absolute Gasteiger partial charge is 0.252 e. The second-order valence-corrected chi connectivity index (χ2v) is 10.2. The fraction of sp³-hybridized carbons (Fsp3) is 0.433. The first-order valence-corrected chi connectivity index (χ1v) is 13.1. The van der Waals surface area contributed by atoms with Gasteiger partial charge in [-0.05, 0) is 31.7 Å². The van der Waals surface area contributed by atoms with Crippen molar-refractivity contribution >= 4 is 22.6 Å². The number of pyridine rings is 1. The van der Waals surface area contributed by atoms with Gasteiger partial charge in [-0.2, -0.15) is 0 Å². The van der Waals surface area contributed by atoms with Gasteiger partial charge < -0.3 is 5.32 Å². The van der Waals surface area contributed by atoms with Gasteiger partial charge in [0.25, 0.3) is 5.91 Å². The molecule has 2 heterocycles. The van der Waals surface area contributed by atoms with Gasteiger partial charge in [-0.1, -0.05) is 67.8 Å².